The molecule has 3 aromatic carbocycles. The number of benzene rings is 3. The first-order chi connectivity index (χ1) is 31.1. The van der Waals surface area contributed by atoms with E-state index in [1.165, 1.54) is 38.5 Å². The van der Waals surface area contributed by atoms with Crippen LogP contribution in [0.5, 0.6) is 11.5 Å². The molecule has 0 unspecified atom stereocenters. The number of ether oxygens (including phenoxy) is 4. The van der Waals surface area contributed by atoms with Gasteiger partial charge in [-0.3, -0.25) is 9.59 Å². The second-order valence-electron chi connectivity index (χ2n) is 20.4. The van der Waals surface area contributed by atoms with E-state index in [2.05, 4.69) is 4.39 Å². The number of hydrogen-bond donors (Lipinski definition) is 0. The Kier molecular flexibility index (Phi) is 13.2. The summed E-state index contributed by atoms with van der Waals surface area (Å²) in [5.41, 5.74) is 1.02. The highest BCUT2D eigenvalue weighted by Crippen LogP contribution is 2.72. The largest absolute Gasteiger partial charge is 0.457 e. The molecule has 8 fully saturated rings. The van der Waals surface area contributed by atoms with Gasteiger partial charge in [0.15, 0.2) is 0 Å². The molecule has 0 atom stereocenters. The van der Waals surface area contributed by atoms with E-state index in [-0.39, 0.29) is 36.4 Å². The number of rotatable bonds is 20. The first kappa shape index (κ1) is 46.4. The Bertz CT molecular complexity index is 2290. The van der Waals surface area contributed by atoms with E-state index < -0.39 is 48.5 Å². The molecule has 0 N–H and O–H groups in total. The summed E-state index contributed by atoms with van der Waals surface area (Å²) in [6, 6.07) is 19.2. The maximum atomic E-state index is 14.2. The van der Waals surface area contributed by atoms with Gasteiger partial charge >= 0.3 is 11.9 Å². The van der Waals surface area contributed by atoms with Gasteiger partial charge in [-0.25, -0.2) is 3.63 Å². The molecule has 3 aromatic rings. The summed E-state index contributed by atoms with van der Waals surface area (Å²) in [5.74, 6) is 2.57. The highest BCUT2D eigenvalue weighted by Gasteiger charge is 2.53. The minimum atomic E-state index is -4.61. The SMILES string of the molecule is Cc1c(OCOC(=O)CC23CC4CC(CC(C4)C2)C3)cccc1S(OS(=O)(=O)CCCS(=O)(=O)OF)(c1ccccc1)c1cccc(OCOC(=O)CC23CC4CC(CC(C4)C2)C3)c1C. The van der Waals surface area contributed by atoms with Crippen LogP contribution in [0, 0.1) is 60.2 Å². The van der Waals surface area contributed by atoms with Crippen molar-refractivity contribution in [2.24, 2.45) is 46.3 Å². The Morgan fingerprint density at radius 3 is 1.37 bits per heavy atom. The van der Waals surface area contributed by atoms with Crippen LogP contribution in [0.4, 0.5) is 4.53 Å². The molecule has 16 heteroatoms. The molecule has 0 amide bonds. The smallest absolute Gasteiger partial charge is 0.309 e. The first-order valence-corrected chi connectivity index (χ1v) is 27.9. The molecule has 12 nitrogen and oxygen atoms in total. The van der Waals surface area contributed by atoms with Crippen LogP contribution in [0.1, 0.15) is 107 Å². The van der Waals surface area contributed by atoms with E-state index in [1.54, 1.807) is 80.6 Å². The zero-order valence-corrected chi connectivity index (χ0v) is 39.7. The van der Waals surface area contributed by atoms with E-state index in [1.807, 2.05) is 0 Å². The van der Waals surface area contributed by atoms with Crippen molar-refractivity contribution < 1.29 is 57.9 Å². The summed E-state index contributed by atoms with van der Waals surface area (Å²) in [6.45, 7) is 2.84. The van der Waals surface area contributed by atoms with Crippen LogP contribution in [-0.4, -0.2) is 53.9 Å². The third-order valence-electron chi connectivity index (χ3n) is 15.5. The van der Waals surface area contributed by atoms with Gasteiger partial charge in [0, 0.05) is 25.8 Å². The van der Waals surface area contributed by atoms with Gasteiger partial charge in [0.1, 0.15) is 11.5 Å². The van der Waals surface area contributed by atoms with Crippen molar-refractivity contribution in [3.63, 3.8) is 0 Å². The van der Waals surface area contributed by atoms with Crippen LogP contribution in [-0.2, 0) is 47.3 Å². The second-order valence-corrected chi connectivity index (χ2v) is 26.6. The Balaban J connectivity index is 0.985. The van der Waals surface area contributed by atoms with E-state index in [9.17, 15) is 31.0 Å². The zero-order valence-electron chi connectivity index (χ0n) is 37.3. The lowest BCUT2D eigenvalue weighted by molar-refractivity contribution is -0.159. The average molecular weight is 957 g/mol. The summed E-state index contributed by atoms with van der Waals surface area (Å²) < 4.78 is 98.4. The molecule has 11 rings (SSSR count). The molecule has 354 valence electrons. The van der Waals surface area contributed by atoms with Crippen LogP contribution in [0.25, 0.3) is 0 Å². The third-order valence-corrected chi connectivity index (χ3v) is 22.0. The van der Waals surface area contributed by atoms with Crippen molar-refractivity contribution in [1.82, 2.24) is 0 Å². The van der Waals surface area contributed by atoms with Gasteiger partial charge in [0.05, 0.1) is 24.3 Å². The van der Waals surface area contributed by atoms with Crippen LogP contribution < -0.4 is 9.47 Å². The molecule has 65 heavy (non-hydrogen) atoms. The normalized spacial score (nSPS) is 30.1. The van der Waals surface area contributed by atoms with Gasteiger partial charge < -0.3 is 18.9 Å². The molecule has 0 aromatic heterocycles. The lowest BCUT2D eigenvalue weighted by atomic mass is 9.49. The maximum Gasteiger partial charge on any atom is 0.309 e. The van der Waals surface area contributed by atoms with Gasteiger partial charge in [-0.1, -0.05) is 34.7 Å². The average Bonchev–Trinajstić information content (AvgIpc) is 3.23. The molecular formula is C49H61FO12S3. The minimum absolute atomic E-state index is 0.00192. The molecule has 8 saturated carbocycles. The van der Waals surface area contributed by atoms with Crippen molar-refractivity contribution in [2.75, 3.05) is 25.1 Å². The second kappa shape index (κ2) is 18.4. The van der Waals surface area contributed by atoms with E-state index in [0.29, 0.717) is 85.7 Å². The Hall–Kier alpha value is -3.70. The van der Waals surface area contributed by atoms with Gasteiger partial charge in [0.2, 0.25) is 13.6 Å². The lowest BCUT2D eigenvalue weighted by Gasteiger charge is -2.56. The van der Waals surface area contributed by atoms with Gasteiger partial charge in [-0.15, -0.1) is 0 Å². The molecule has 0 spiro atoms. The van der Waals surface area contributed by atoms with Crippen molar-refractivity contribution >= 4 is 42.5 Å². The van der Waals surface area contributed by atoms with E-state index >= 15 is 0 Å². The van der Waals surface area contributed by atoms with Crippen LogP contribution in [0.2, 0.25) is 0 Å². The number of carbonyl (C=O) groups is 2. The Morgan fingerprint density at radius 2 is 0.969 bits per heavy atom. The van der Waals surface area contributed by atoms with Crippen LogP contribution >= 0.6 is 10.3 Å². The number of carbonyl (C=O) groups excluding carboxylic acids is 2. The van der Waals surface area contributed by atoms with Crippen LogP contribution in [0.15, 0.2) is 81.4 Å². The molecule has 8 aliphatic rings. The Labute approximate surface area is 384 Å². The van der Waals surface area contributed by atoms with Gasteiger partial charge in [-0.2, -0.15) is 16.8 Å². The minimum Gasteiger partial charge on any atom is -0.457 e. The van der Waals surface area contributed by atoms with E-state index in [0.717, 1.165) is 38.5 Å². The first-order valence-electron chi connectivity index (χ1n) is 23.2. The molecule has 0 aliphatic heterocycles. The van der Waals surface area contributed by atoms with Crippen LogP contribution in [0.3, 0.4) is 0 Å². The van der Waals surface area contributed by atoms with Gasteiger partial charge in [0.25, 0.3) is 20.2 Å². The molecule has 8 aliphatic carbocycles. The van der Waals surface area contributed by atoms with Crippen molar-refractivity contribution in [3.8, 4) is 11.5 Å². The van der Waals surface area contributed by atoms with Crippen molar-refractivity contribution in [3.05, 3.63) is 77.9 Å². The summed E-state index contributed by atoms with van der Waals surface area (Å²) >= 11 is 0. The maximum absolute atomic E-state index is 14.2. The monoisotopic (exact) mass is 956 g/mol. The predicted molar refractivity (Wildman–Crippen MR) is 240 cm³/mol. The molecule has 8 bridgehead atoms. The van der Waals surface area contributed by atoms with Crippen molar-refractivity contribution in [2.45, 2.75) is 125 Å². The standard InChI is InChI=1S/C49H61FO12S3/c1-33-42(57-31-59-46(51)29-48-23-35-17-36(24-48)19-37(18-35)25-48)11-6-13-44(33)65(41-9-4-3-5-10-41,62-64(55,56)16-8-15-63(53,54)61-50)45-14-7-12-43(34(45)2)58-32-60-47(52)30-49-26-38-20-39(27-49)22-40(21-38)28-49/h3-7,9-14,35-40H,8,15-32H2,1-2H3. The van der Waals surface area contributed by atoms with E-state index in [4.69, 9.17) is 22.6 Å². The summed E-state index contributed by atoms with van der Waals surface area (Å²) in [7, 11) is -12.5. The fourth-order valence-corrected chi connectivity index (χ4v) is 20.4. The zero-order chi connectivity index (χ0) is 45.6. The number of halogens is 1. The highest BCUT2D eigenvalue weighted by molar-refractivity contribution is 8.33. The topological polar surface area (TPSA) is 158 Å². The number of hydrogen-bond acceptors (Lipinski definition) is 12. The molecule has 0 saturated heterocycles. The van der Waals surface area contributed by atoms with Crippen molar-refractivity contribution in [1.29, 1.82) is 0 Å². The quantitative estimate of drug-likeness (QED) is 0.0781. The molecule has 0 radical (unpaired) electrons. The molecule has 0 heterocycles. The predicted octanol–water partition coefficient (Wildman–Crippen LogP) is 10.4. The Morgan fingerprint density at radius 1 is 0.569 bits per heavy atom. The lowest BCUT2D eigenvalue weighted by Crippen LogP contribution is -2.47. The summed E-state index contributed by atoms with van der Waals surface area (Å²) in [5, 5.41) is 0. The fraction of sp³-hybridized carbons (Fsp3) is 0.592. The highest BCUT2D eigenvalue weighted by atomic mass is 32.3. The summed E-state index contributed by atoms with van der Waals surface area (Å²) in [6.07, 6.45) is 14.3. The summed E-state index contributed by atoms with van der Waals surface area (Å²) in [4.78, 5) is 28.1. The molecular weight excluding hydrogens is 896 g/mol. The third kappa shape index (κ3) is 9.98. The van der Waals surface area contributed by atoms with Gasteiger partial charge in [-0.05, 0) is 195 Å². The number of esters is 2. The fourth-order valence-electron chi connectivity index (χ4n) is 13.9.